The van der Waals surface area contributed by atoms with Crippen LogP contribution >= 0.6 is 22.7 Å². The summed E-state index contributed by atoms with van der Waals surface area (Å²) in [4.78, 5) is 5.82. The Morgan fingerprint density at radius 3 is 2.52 bits per heavy atom. The van der Waals surface area contributed by atoms with Crippen molar-refractivity contribution in [2.24, 2.45) is 10.1 Å². The molecule has 4 aromatic rings. The van der Waals surface area contributed by atoms with E-state index in [1.165, 1.54) is 23.5 Å². The van der Waals surface area contributed by atoms with E-state index in [1.807, 2.05) is 29.8 Å². The van der Waals surface area contributed by atoms with Gasteiger partial charge in [-0.3, -0.25) is 0 Å². The summed E-state index contributed by atoms with van der Waals surface area (Å²) in [6, 6.07) is 13.9. The highest BCUT2D eigenvalue weighted by Gasteiger charge is 2.11. The molecule has 0 amide bonds. The summed E-state index contributed by atoms with van der Waals surface area (Å²) in [6.45, 7) is 1.84. The van der Waals surface area contributed by atoms with Gasteiger partial charge < -0.3 is 5.11 Å². The third-order valence-corrected chi connectivity index (χ3v) is 5.83. The number of hydrogen-bond donors (Lipinski definition) is 1. The number of halogens is 2. The summed E-state index contributed by atoms with van der Waals surface area (Å²) in [5.41, 5.74) is 2.39. The van der Waals surface area contributed by atoms with Gasteiger partial charge in [-0.05, 0) is 60.3 Å². The summed E-state index contributed by atoms with van der Waals surface area (Å²) >= 11 is 2.88. The highest BCUT2D eigenvalue weighted by Crippen LogP contribution is 2.26. The molecule has 0 saturated heterocycles. The lowest BCUT2D eigenvalue weighted by molar-refractivity contribution is 0.475. The van der Waals surface area contributed by atoms with Gasteiger partial charge in [0.25, 0.3) is 0 Å². The van der Waals surface area contributed by atoms with Gasteiger partial charge >= 0.3 is 0 Å². The monoisotopic (exact) mass is 427 g/mol. The SMILES string of the molecule is CC(=Nn1c(-c2cccs2)csc1=Nc1ccc(F)cc1F)c1ccc(O)cc1. The lowest BCUT2D eigenvalue weighted by atomic mass is 10.1. The van der Waals surface area contributed by atoms with Crippen molar-refractivity contribution in [1.82, 2.24) is 4.68 Å². The van der Waals surface area contributed by atoms with E-state index in [0.717, 1.165) is 22.2 Å². The van der Waals surface area contributed by atoms with E-state index in [9.17, 15) is 13.9 Å². The van der Waals surface area contributed by atoms with Crippen LogP contribution in [0.5, 0.6) is 5.75 Å². The fraction of sp³-hybridized carbons (Fsp3) is 0.0476. The molecule has 0 aliphatic carbocycles. The van der Waals surface area contributed by atoms with Crippen LogP contribution in [0.25, 0.3) is 10.6 Å². The average molecular weight is 428 g/mol. The van der Waals surface area contributed by atoms with Gasteiger partial charge in [-0.2, -0.15) is 5.10 Å². The molecule has 0 bridgehead atoms. The van der Waals surface area contributed by atoms with Gasteiger partial charge in [-0.25, -0.2) is 18.4 Å². The van der Waals surface area contributed by atoms with E-state index in [1.54, 1.807) is 40.3 Å². The maximum atomic E-state index is 14.1. The molecule has 0 spiro atoms. The first-order valence-electron chi connectivity index (χ1n) is 8.60. The van der Waals surface area contributed by atoms with Crippen molar-refractivity contribution in [2.45, 2.75) is 6.92 Å². The predicted molar refractivity (Wildman–Crippen MR) is 113 cm³/mol. The number of thiophene rings is 1. The van der Waals surface area contributed by atoms with Crippen LogP contribution < -0.4 is 4.80 Å². The van der Waals surface area contributed by atoms with Crippen LogP contribution in [0.4, 0.5) is 14.5 Å². The maximum absolute atomic E-state index is 14.1. The number of rotatable bonds is 4. The Morgan fingerprint density at radius 1 is 1.03 bits per heavy atom. The number of phenols is 1. The first kappa shape index (κ1) is 19.2. The van der Waals surface area contributed by atoms with Crippen molar-refractivity contribution < 1.29 is 13.9 Å². The number of nitrogens with zero attached hydrogens (tertiary/aromatic N) is 3. The number of thiazole rings is 1. The third kappa shape index (κ3) is 4.18. The van der Waals surface area contributed by atoms with Gasteiger partial charge in [0, 0.05) is 11.4 Å². The largest absolute Gasteiger partial charge is 0.508 e. The van der Waals surface area contributed by atoms with E-state index in [-0.39, 0.29) is 11.4 Å². The molecule has 0 radical (unpaired) electrons. The summed E-state index contributed by atoms with van der Waals surface area (Å²) in [5.74, 6) is -1.21. The maximum Gasteiger partial charge on any atom is 0.211 e. The second kappa shape index (κ2) is 8.10. The molecule has 146 valence electrons. The summed E-state index contributed by atoms with van der Waals surface area (Å²) < 4.78 is 29.0. The normalized spacial score (nSPS) is 12.5. The van der Waals surface area contributed by atoms with E-state index in [0.29, 0.717) is 10.5 Å². The molecule has 0 aliphatic heterocycles. The zero-order valence-corrected chi connectivity index (χ0v) is 16.8. The number of aromatic hydroxyl groups is 1. The molecule has 8 heteroatoms. The molecular weight excluding hydrogens is 412 g/mol. The molecular formula is C21H15F2N3OS2. The van der Waals surface area contributed by atoms with E-state index >= 15 is 0 Å². The quantitative estimate of drug-likeness (QED) is 0.413. The Hall–Kier alpha value is -3.10. The Balaban J connectivity index is 1.88. The van der Waals surface area contributed by atoms with Gasteiger partial charge in [0.15, 0.2) is 5.82 Å². The molecule has 2 aromatic carbocycles. The van der Waals surface area contributed by atoms with Crippen LogP contribution in [-0.2, 0) is 0 Å². The second-order valence-electron chi connectivity index (χ2n) is 6.13. The lowest BCUT2D eigenvalue weighted by Gasteiger charge is -2.05. The van der Waals surface area contributed by atoms with Crippen LogP contribution in [0.3, 0.4) is 0 Å². The Bertz CT molecular complexity index is 1240. The van der Waals surface area contributed by atoms with E-state index in [2.05, 4.69) is 4.99 Å². The zero-order chi connectivity index (χ0) is 20.4. The van der Waals surface area contributed by atoms with Crippen LogP contribution in [0.1, 0.15) is 12.5 Å². The minimum Gasteiger partial charge on any atom is -0.508 e. The van der Waals surface area contributed by atoms with Crippen molar-refractivity contribution in [3.63, 3.8) is 0 Å². The summed E-state index contributed by atoms with van der Waals surface area (Å²) in [6.07, 6.45) is 0. The summed E-state index contributed by atoms with van der Waals surface area (Å²) in [7, 11) is 0. The van der Waals surface area contributed by atoms with Crippen molar-refractivity contribution in [2.75, 3.05) is 0 Å². The highest BCUT2D eigenvalue weighted by atomic mass is 32.1. The standard InChI is InChI=1S/C21H15F2N3OS2/c1-13(14-4-7-16(27)8-5-14)25-26-19(20-3-2-10-28-20)12-29-21(26)24-18-9-6-15(22)11-17(18)23/h2-12,27H,1H3. The second-order valence-corrected chi connectivity index (χ2v) is 7.92. The third-order valence-electron chi connectivity index (χ3n) is 4.12. The molecule has 4 nitrogen and oxygen atoms in total. The molecule has 0 saturated carbocycles. The van der Waals surface area contributed by atoms with Crippen molar-refractivity contribution in [3.05, 3.63) is 87.4 Å². The van der Waals surface area contributed by atoms with Crippen molar-refractivity contribution in [1.29, 1.82) is 0 Å². The smallest absolute Gasteiger partial charge is 0.211 e. The first-order valence-corrected chi connectivity index (χ1v) is 10.4. The topological polar surface area (TPSA) is 49.9 Å². The average Bonchev–Trinajstić information content (AvgIpc) is 3.35. The number of aromatic nitrogens is 1. The van der Waals surface area contributed by atoms with Crippen molar-refractivity contribution in [3.8, 4) is 16.3 Å². The minimum atomic E-state index is -0.734. The first-order chi connectivity index (χ1) is 14.0. The van der Waals surface area contributed by atoms with Crippen LogP contribution in [-0.4, -0.2) is 15.5 Å². The Morgan fingerprint density at radius 2 is 1.83 bits per heavy atom. The number of benzene rings is 2. The lowest BCUT2D eigenvalue weighted by Crippen LogP contribution is -2.13. The molecule has 0 atom stereocenters. The van der Waals surface area contributed by atoms with Gasteiger partial charge in [-0.1, -0.05) is 6.07 Å². The van der Waals surface area contributed by atoms with Crippen LogP contribution in [0.2, 0.25) is 0 Å². The molecule has 0 fully saturated rings. The van der Waals surface area contributed by atoms with Gasteiger partial charge in [-0.15, -0.1) is 22.7 Å². The molecule has 0 unspecified atom stereocenters. The molecule has 0 aliphatic rings. The van der Waals surface area contributed by atoms with Gasteiger partial charge in [0.05, 0.1) is 16.3 Å². The van der Waals surface area contributed by atoms with Gasteiger partial charge in [0.1, 0.15) is 17.3 Å². The molecule has 2 heterocycles. The Labute approximate surface area is 173 Å². The van der Waals surface area contributed by atoms with E-state index < -0.39 is 11.6 Å². The van der Waals surface area contributed by atoms with E-state index in [4.69, 9.17) is 5.10 Å². The van der Waals surface area contributed by atoms with Crippen LogP contribution in [0.15, 0.2) is 75.5 Å². The predicted octanol–water partition coefficient (Wildman–Crippen LogP) is 5.77. The molecule has 1 N–H and O–H groups in total. The molecule has 2 aromatic heterocycles. The van der Waals surface area contributed by atoms with Crippen molar-refractivity contribution >= 4 is 34.1 Å². The van der Waals surface area contributed by atoms with Gasteiger partial charge in [0.2, 0.25) is 4.80 Å². The highest BCUT2D eigenvalue weighted by molar-refractivity contribution is 7.14. The number of hydrogen-bond acceptors (Lipinski definition) is 5. The fourth-order valence-electron chi connectivity index (χ4n) is 2.65. The molecule has 29 heavy (non-hydrogen) atoms. The number of phenolic OH excluding ortho intramolecular Hbond substituents is 1. The fourth-order valence-corrected chi connectivity index (χ4v) is 4.29. The summed E-state index contributed by atoms with van der Waals surface area (Å²) in [5, 5.41) is 18.1. The molecule has 4 rings (SSSR count). The van der Waals surface area contributed by atoms with Crippen LogP contribution in [0, 0.1) is 11.6 Å². The zero-order valence-electron chi connectivity index (χ0n) is 15.2. The minimum absolute atomic E-state index is 0.0391. The Kier molecular flexibility index (Phi) is 5.37.